The van der Waals surface area contributed by atoms with Crippen molar-refractivity contribution in [1.82, 2.24) is 0 Å². The lowest BCUT2D eigenvalue weighted by Gasteiger charge is -2.22. The Labute approximate surface area is 143 Å². The number of ether oxygens (including phenoxy) is 1. The third kappa shape index (κ3) is 4.26. The number of halogens is 1. The number of carbonyl (C=O) groups excluding carboxylic acids is 1. The molecule has 0 spiro atoms. The predicted octanol–water partition coefficient (Wildman–Crippen LogP) is 4.18. The second-order valence-electron chi connectivity index (χ2n) is 7.08. The molecule has 5 heteroatoms. The highest BCUT2D eigenvalue weighted by Gasteiger charge is 2.24. The van der Waals surface area contributed by atoms with E-state index < -0.39 is 0 Å². The van der Waals surface area contributed by atoms with Crippen molar-refractivity contribution >= 4 is 17.3 Å². The fraction of sp³-hybridized carbons (Fsp3) is 0.632. The Kier molecular flexibility index (Phi) is 5.72. The van der Waals surface area contributed by atoms with Gasteiger partial charge in [0.1, 0.15) is 5.82 Å². The maximum atomic E-state index is 14.1. The van der Waals surface area contributed by atoms with Gasteiger partial charge in [0.2, 0.25) is 5.91 Å². The molecule has 1 heterocycles. The zero-order valence-electron chi connectivity index (χ0n) is 14.3. The van der Waals surface area contributed by atoms with Gasteiger partial charge in [0.15, 0.2) is 0 Å². The Bertz CT molecular complexity index is 566. The van der Waals surface area contributed by atoms with Crippen molar-refractivity contribution in [2.45, 2.75) is 51.5 Å². The van der Waals surface area contributed by atoms with Crippen LogP contribution < -0.4 is 10.6 Å². The van der Waals surface area contributed by atoms with Gasteiger partial charge in [-0.05, 0) is 44.4 Å². The SMILES string of the molecule is CC(Nc1ccc(F)c(NC(=O)C2CCCCC2)c1)C1CCOC1. The normalized spacial score (nSPS) is 23.0. The molecule has 1 saturated carbocycles. The summed E-state index contributed by atoms with van der Waals surface area (Å²) in [6.45, 7) is 3.69. The largest absolute Gasteiger partial charge is 0.382 e. The number of amides is 1. The van der Waals surface area contributed by atoms with Crippen molar-refractivity contribution in [2.75, 3.05) is 23.8 Å². The molecule has 0 aromatic heterocycles. The van der Waals surface area contributed by atoms with Crippen LogP contribution in [-0.2, 0) is 9.53 Å². The van der Waals surface area contributed by atoms with Gasteiger partial charge >= 0.3 is 0 Å². The first kappa shape index (κ1) is 17.2. The second-order valence-corrected chi connectivity index (χ2v) is 7.08. The van der Waals surface area contributed by atoms with E-state index in [1.807, 2.05) is 0 Å². The summed E-state index contributed by atoms with van der Waals surface area (Å²) in [5, 5.41) is 6.19. The Morgan fingerprint density at radius 1 is 1.25 bits per heavy atom. The van der Waals surface area contributed by atoms with E-state index in [0.717, 1.165) is 51.0 Å². The van der Waals surface area contributed by atoms with Crippen molar-refractivity contribution in [2.24, 2.45) is 11.8 Å². The molecule has 1 amide bonds. The first-order valence-electron chi connectivity index (χ1n) is 9.08. The summed E-state index contributed by atoms with van der Waals surface area (Å²) in [6.07, 6.45) is 6.22. The van der Waals surface area contributed by atoms with Crippen LogP contribution in [0.4, 0.5) is 15.8 Å². The van der Waals surface area contributed by atoms with Gasteiger partial charge in [-0.15, -0.1) is 0 Å². The summed E-state index contributed by atoms with van der Waals surface area (Å²) >= 11 is 0. The topological polar surface area (TPSA) is 50.4 Å². The van der Waals surface area contributed by atoms with Gasteiger partial charge in [-0.3, -0.25) is 4.79 Å². The van der Waals surface area contributed by atoms with Crippen molar-refractivity contribution < 1.29 is 13.9 Å². The van der Waals surface area contributed by atoms with Gasteiger partial charge in [-0.2, -0.15) is 0 Å². The summed E-state index contributed by atoms with van der Waals surface area (Å²) in [6, 6.07) is 5.08. The molecular formula is C19H27FN2O2. The summed E-state index contributed by atoms with van der Waals surface area (Å²) in [5.74, 6) is 0.0456. The lowest BCUT2D eigenvalue weighted by atomic mass is 9.88. The molecule has 1 aliphatic carbocycles. The van der Waals surface area contributed by atoms with E-state index in [2.05, 4.69) is 17.6 Å². The zero-order valence-corrected chi connectivity index (χ0v) is 14.3. The highest BCUT2D eigenvalue weighted by Crippen LogP contribution is 2.27. The van der Waals surface area contributed by atoms with Gasteiger partial charge in [-0.1, -0.05) is 19.3 Å². The van der Waals surface area contributed by atoms with Gasteiger partial charge < -0.3 is 15.4 Å². The van der Waals surface area contributed by atoms with E-state index in [4.69, 9.17) is 4.74 Å². The molecule has 24 heavy (non-hydrogen) atoms. The van der Waals surface area contributed by atoms with Crippen molar-refractivity contribution in [3.05, 3.63) is 24.0 Å². The molecule has 2 fully saturated rings. The Balaban J connectivity index is 1.63. The minimum absolute atomic E-state index is 0.0179. The monoisotopic (exact) mass is 334 g/mol. The molecule has 2 unspecified atom stereocenters. The maximum Gasteiger partial charge on any atom is 0.227 e. The van der Waals surface area contributed by atoms with Crippen molar-refractivity contribution in [3.8, 4) is 0 Å². The summed E-state index contributed by atoms with van der Waals surface area (Å²) in [4.78, 5) is 12.3. The smallest absolute Gasteiger partial charge is 0.227 e. The molecule has 1 aromatic rings. The lowest BCUT2D eigenvalue weighted by Crippen LogP contribution is -2.27. The van der Waals surface area contributed by atoms with E-state index >= 15 is 0 Å². The molecule has 0 radical (unpaired) electrons. The van der Waals surface area contributed by atoms with E-state index in [9.17, 15) is 9.18 Å². The highest BCUT2D eigenvalue weighted by molar-refractivity contribution is 5.93. The molecule has 2 N–H and O–H groups in total. The lowest BCUT2D eigenvalue weighted by molar-refractivity contribution is -0.120. The van der Waals surface area contributed by atoms with E-state index in [1.165, 1.54) is 12.5 Å². The number of nitrogens with one attached hydrogen (secondary N) is 2. The van der Waals surface area contributed by atoms with Crippen LogP contribution in [0, 0.1) is 17.7 Å². The van der Waals surface area contributed by atoms with Crippen LogP contribution in [-0.4, -0.2) is 25.2 Å². The number of hydrogen-bond acceptors (Lipinski definition) is 3. The molecule has 3 rings (SSSR count). The molecule has 2 atom stereocenters. The van der Waals surface area contributed by atoms with Crippen LogP contribution in [0.1, 0.15) is 45.4 Å². The fourth-order valence-electron chi connectivity index (χ4n) is 3.64. The molecule has 4 nitrogen and oxygen atoms in total. The third-order valence-corrected chi connectivity index (χ3v) is 5.27. The zero-order chi connectivity index (χ0) is 16.9. The first-order valence-corrected chi connectivity index (χ1v) is 9.08. The van der Waals surface area contributed by atoms with Gasteiger partial charge in [0, 0.05) is 30.2 Å². The van der Waals surface area contributed by atoms with Gasteiger partial charge in [-0.25, -0.2) is 4.39 Å². The Morgan fingerprint density at radius 2 is 2.04 bits per heavy atom. The quantitative estimate of drug-likeness (QED) is 0.849. The fourth-order valence-corrected chi connectivity index (χ4v) is 3.64. The molecule has 0 bridgehead atoms. The average molecular weight is 334 g/mol. The molecule has 1 aliphatic heterocycles. The third-order valence-electron chi connectivity index (χ3n) is 5.27. The number of anilines is 2. The van der Waals surface area contributed by atoms with Crippen LogP contribution >= 0.6 is 0 Å². The predicted molar refractivity (Wildman–Crippen MR) is 93.6 cm³/mol. The Hall–Kier alpha value is -1.62. The average Bonchev–Trinajstić information content (AvgIpc) is 3.13. The summed E-state index contributed by atoms with van der Waals surface area (Å²) in [5.41, 5.74) is 1.10. The van der Waals surface area contributed by atoms with Crippen molar-refractivity contribution in [1.29, 1.82) is 0 Å². The molecule has 1 saturated heterocycles. The standard InChI is InChI=1S/C19H27FN2O2/c1-13(15-9-10-24-12-15)21-16-7-8-17(20)18(11-16)22-19(23)14-5-3-2-4-6-14/h7-8,11,13-15,21H,2-6,9-10,12H2,1H3,(H,22,23). The molecule has 1 aromatic carbocycles. The number of carbonyl (C=O) groups is 1. The van der Waals surface area contributed by atoms with E-state index in [-0.39, 0.29) is 29.4 Å². The van der Waals surface area contributed by atoms with Crippen LogP contribution in [0.5, 0.6) is 0 Å². The van der Waals surface area contributed by atoms with Crippen molar-refractivity contribution in [3.63, 3.8) is 0 Å². The van der Waals surface area contributed by atoms with E-state index in [0.29, 0.717) is 5.92 Å². The number of hydrogen-bond donors (Lipinski definition) is 2. The second kappa shape index (κ2) is 7.97. The molecular weight excluding hydrogens is 307 g/mol. The van der Waals surface area contributed by atoms with Gasteiger partial charge in [0.25, 0.3) is 0 Å². The minimum atomic E-state index is -0.387. The Morgan fingerprint density at radius 3 is 2.75 bits per heavy atom. The molecule has 2 aliphatic rings. The van der Waals surface area contributed by atoms with E-state index in [1.54, 1.807) is 12.1 Å². The first-order chi connectivity index (χ1) is 11.6. The highest BCUT2D eigenvalue weighted by atomic mass is 19.1. The number of benzene rings is 1. The van der Waals surface area contributed by atoms with Gasteiger partial charge in [0.05, 0.1) is 12.3 Å². The van der Waals surface area contributed by atoms with Crippen LogP contribution in [0.25, 0.3) is 0 Å². The van der Waals surface area contributed by atoms with Crippen LogP contribution in [0.15, 0.2) is 18.2 Å². The van der Waals surface area contributed by atoms with Crippen LogP contribution in [0.2, 0.25) is 0 Å². The summed E-state index contributed by atoms with van der Waals surface area (Å²) < 4.78 is 19.5. The maximum absolute atomic E-state index is 14.1. The minimum Gasteiger partial charge on any atom is -0.382 e. The summed E-state index contributed by atoms with van der Waals surface area (Å²) in [7, 11) is 0. The van der Waals surface area contributed by atoms with Crippen LogP contribution in [0.3, 0.4) is 0 Å². The number of rotatable bonds is 5. The molecule has 132 valence electrons.